The normalized spacial score (nSPS) is 10.1. The van der Waals surface area contributed by atoms with Crippen molar-refractivity contribution in [1.82, 2.24) is 9.97 Å². The molecule has 0 fully saturated rings. The van der Waals surface area contributed by atoms with Gasteiger partial charge in [-0.1, -0.05) is 11.6 Å². The van der Waals surface area contributed by atoms with Crippen molar-refractivity contribution in [2.75, 3.05) is 5.32 Å². The maximum atomic E-state index is 12.0. The number of carbonyl (C=O) groups is 1. The second kappa shape index (κ2) is 5.62. The summed E-state index contributed by atoms with van der Waals surface area (Å²) in [6, 6.07) is 4.11. The fourth-order valence-corrected chi connectivity index (χ4v) is 1.66. The highest BCUT2D eigenvalue weighted by molar-refractivity contribution is 6.29. The van der Waals surface area contributed by atoms with Crippen LogP contribution in [0.15, 0.2) is 30.6 Å². The van der Waals surface area contributed by atoms with E-state index in [1.54, 1.807) is 6.92 Å². The maximum Gasteiger partial charge on any atom is 0.272 e. The first kappa shape index (κ1) is 13.9. The number of carbonyl (C=O) groups excluding carboxylic acids is 1. The molecule has 1 amide bonds. The quantitative estimate of drug-likeness (QED) is 0.692. The van der Waals surface area contributed by atoms with E-state index in [0.717, 1.165) is 0 Å². The highest BCUT2D eigenvalue weighted by Crippen LogP contribution is 2.19. The third kappa shape index (κ3) is 3.07. The van der Waals surface area contributed by atoms with Crippen LogP contribution in [0.1, 0.15) is 15.9 Å². The van der Waals surface area contributed by atoms with E-state index in [4.69, 9.17) is 11.6 Å². The number of hydrogen-bond acceptors (Lipinski definition) is 5. The fourth-order valence-electron chi connectivity index (χ4n) is 1.57. The van der Waals surface area contributed by atoms with E-state index in [1.807, 2.05) is 0 Å². The molecule has 0 aliphatic rings. The lowest BCUT2D eigenvalue weighted by molar-refractivity contribution is -0.385. The molecule has 1 aromatic carbocycles. The lowest BCUT2D eigenvalue weighted by Gasteiger charge is -2.05. The fraction of sp³-hybridized carbons (Fsp3) is 0.0833. The van der Waals surface area contributed by atoms with Crippen LogP contribution in [0.3, 0.4) is 0 Å². The maximum absolute atomic E-state index is 12.0. The summed E-state index contributed by atoms with van der Waals surface area (Å²) in [6.45, 7) is 1.57. The molecule has 20 heavy (non-hydrogen) atoms. The summed E-state index contributed by atoms with van der Waals surface area (Å²) in [5.74, 6) is -0.185. The molecule has 0 saturated carbocycles. The van der Waals surface area contributed by atoms with E-state index in [2.05, 4.69) is 15.3 Å². The Balaban J connectivity index is 2.19. The molecule has 0 bridgehead atoms. The van der Waals surface area contributed by atoms with Crippen molar-refractivity contribution < 1.29 is 9.72 Å². The van der Waals surface area contributed by atoms with Gasteiger partial charge in [-0.2, -0.15) is 0 Å². The van der Waals surface area contributed by atoms with Gasteiger partial charge >= 0.3 is 0 Å². The summed E-state index contributed by atoms with van der Waals surface area (Å²) >= 11 is 5.58. The minimum Gasteiger partial charge on any atom is -0.305 e. The van der Waals surface area contributed by atoms with E-state index in [9.17, 15) is 14.9 Å². The van der Waals surface area contributed by atoms with E-state index < -0.39 is 10.8 Å². The molecular weight excluding hydrogens is 284 g/mol. The van der Waals surface area contributed by atoms with Crippen molar-refractivity contribution in [3.63, 3.8) is 0 Å². The van der Waals surface area contributed by atoms with Crippen LogP contribution in [-0.2, 0) is 0 Å². The summed E-state index contributed by atoms with van der Waals surface area (Å²) in [5.41, 5.74) is 0.669. The van der Waals surface area contributed by atoms with Crippen LogP contribution in [0.2, 0.25) is 5.15 Å². The monoisotopic (exact) mass is 292 g/mol. The number of anilines is 1. The molecule has 1 aromatic heterocycles. The molecule has 0 aliphatic heterocycles. The number of amides is 1. The summed E-state index contributed by atoms with van der Waals surface area (Å²) < 4.78 is 0. The van der Waals surface area contributed by atoms with Crippen molar-refractivity contribution in [3.8, 4) is 0 Å². The molecule has 0 radical (unpaired) electrons. The van der Waals surface area contributed by atoms with Crippen LogP contribution in [0, 0.1) is 17.0 Å². The summed E-state index contributed by atoms with van der Waals surface area (Å²) in [4.78, 5) is 29.8. The number of nitrogens with one attached hydrogen (secondary N) is 1. The van der Waals surface area contributed by atoms with Crippen molar-refractivity contribution in [1.29, 1.82) is 0 Å². The van der Waals surface area contributed by atoms with Gasteiger partial charge in [0.2, 0.25) is 0 Å². The summed E-state index contributed by atoms with van der Waals surface area (Å²) in [5, 5.41) is 13.4. The highest BCUT2D eigenvalue weighted by atomic mass is 35.5. The first-order chi connectivity index (χ1) is 9.47. The van der Waals surface area contributed by atoms with Gasteiger partial charge in [-0.15, -0.1) is 0 Å². The molecular formula is C12H9ClN4O3. The van der Waals surface area contributed by atoms with Crippen molar-refractivity contribution in [2.45, 2.75) is 6.92 Å². The van der Waals surface area contributed by atoms with Gasteiger partial charge in [-0.25, -0.2) is 9.97 Å². The topological polar surface area (TPSA) is 98.0 Å². The second-order valence-electron chi connectivity index (χ2n) is 3.94. The minimum atomic E-state index is -0.498. The number of halogens is 1. The summed E-state index contributed by atoms with van der Waals surface area (Å²) in [6.07, 6.45) is 2.62. The molecule has 2 rings (SSSR count). The van der Waals surface area contributed by atoms with Gasteiger partial charge in [-0.3, -0.25) is 14.9 Å². The molecule has 0 spiro atoms. The Labute approximate surface area is 118 Å². The Hall–Kier alpha value is -2.54. The lowest BCUT2D eigenvalue weighted by Crippen LogP contribution is -2.13. The number of benzene rings is 1. The molecule has 0 saturated heterocycles. The lowest BCUT2D eigenvalue weighted by atomic mass is 10.1. The van der Waals surface area contributed by atoms with E-state index in [-0.39, 0.29) is 16.7 Å². The number of nitrogens with zero attached hydrogens (tertiary/aromatic N) is 3. The van der Waals surface area contributed by atoms with Gasteiger partial charge in [0.05, 0.1) is 17.3 Å². The van der Waals surface area contributed by atoms with Gasteiger partial charge in [-0.05, 0) is 19.1 Å². The zero-order chi connectivity index (χ0) is 14.7. The Bertz CT molecular complexity index is 673. The molecule has 7 nitrogen and oxygen atoms in total. The molecule has 1 heterocycles. The second-order valence-corrected chi connectivity index (χ2v) is 4.32. The Morgan fingerprint density at radius 1 is 1.35 bits per heavy atom. The third-order valence-electron chi connectivity index (χ3n) is 2.52. The Morgan fingerprint density at radius 2 is 2.10 bits per heavy atom. The number of nitro groups is 1. The molecule has 0 atom stereocenters. The average molecular weight is 293 g/mol. The van der Waals surface area contributed by atoms with Crippen molar-refractivity contribution in [3.05, 3.63) is 57.0 Å². The SMILES string of the molecule is Cc1cc(C(=O)Nc2cnc(Cl)cn2)ccc1[N+](=O)[O-]. The molecule has 8 heteroatoms. The van der Waals surface area contributed by atoms with Gasteiger partial charge in [0.25, 0.3) is 11.6 Å². The predicted molar refractivity (Wildman–Crippen MR) is 72.8 cm³/mol. The number of hydrogen-bond donors (Lipinski definition) is 1. The molecule has 2 aromatic rings. The summed E-state index contributed by atoms with van der Waals surface area (Å²) in [7, 11) is 0. The van der Waals surface area contributed by atoms with Gasteiger partial charge in [0.15, 0.2) is 5.82 Å². The van der Waals surface area contributed by atoms with Crippen LogP contribution in [-0.4, -0.2) is 20.8 Å². The Kier molecular flexibility index (Phi) is 3.90. The Morgan fingerprint density at radius 3 is 2.65 bits per heavy atom. The van der Waals surface area contributed by atoms with E-state index in [1.165, 1.54) is 30.6 Å². The largest absolute Gasteiger partial charge is 0.305 e. The average Bonchev–Trinajstić information content (AvgIpc) is 2.40. The standard InChI is InChI=1S/C12H9ClN4O3/c1-7-4-8(2-3-9(7)17(19)20)12(18)16-11-6-14-10(13)5-15-11/h2-6H,1H3,(H,15,16,18). The van der Waals surface area contributed by atoms with E-state index in [0.29, 0.717) is 11.1 Å². The number of aromatic nitrogens is 2. The molecule has 1 N–H and O–H groups in total. The smallest absolute Gasteiger partial charge is 0.272 e. The predicted octanol–water partition coefficient (Wildman–Crippen LogP) is 2.60. The molecule has 102 valence electrons. The minimum absolute atomic E-state index is 0.0344. The van der Waals surface area contributed by atoms with Crippen molar-refractivity contribution in [2.24, 2.45) is 0 Å². The van der Waals surface area contributed by atoms with Crippen LogP contribution >= 0.6 is 11.6 Å². The highest BCUT2D eigenvalue weighted by Gasteiger charge is 2.14. The van der Waals surface area contributed by atoms with Crippen LogP contribution in [0.5, 0.6) is 0 Å². The molecule has 0 aliphatic carbocycles. The molecule has 0 unspecified atom stereocenters. The first-order valence-electron chi connectivity index (χ1n) is 5.51. The number of nitro benzene ring substituents is 1. The van der Waals surface area contributed by atoms with Crippen LogP contribution in [0.4, 0.5) is 11.5 Å². The van der Waals surface area contributed by atoms with E-state index >= 15 is 0 Å². The number of rotatable bonds is 3. The zero-order valence-electron chi connectivity index (χ0n) is 10.3. The van der Waals surface area contributed by atoms with Gasteiger partial charge in [0.1, 0.15) is 5.15 Å². The van der Waals surface area contributed by atoms with Gasteiger partial charge in [0, 0.05) is 17.2 Å². The zero-order valence-corrected chi connectivity index (χ0v) is 11.1. The van der Waals surface area contributed by atoms with Crippen molar-refractivity contribution >= 4 is 29.0 Å². The van der Waals surface area contributed by atoms with Crippen LogP contribution in [0.25, 0.3) is 0 Å². The number of aryl methyl sites for hydroxylation is 1. The first-order valence-corrected chi connectivity index (χ1v) is 5.89. The third-order valence-corrected chi connectivity index (χ3v) is 2.71. The van der Waals surface area contributed by atoms with Crippen LogP contribution < -0.4 is 5.32 Å². The van der Waals surface area contributed by atoms with Gasteiger partial charge < -0.3 is 5.32 Å².